The molecule has 0 unspecified atom stereocenters. The maximum absolute atomic E-state index is 12.5. The van der Waals surface area contributed by atoms with Gasteiger partial charge in [-0.05, 0) is 23.3 Å². The quantitative estimate of drug-likeness (QED) is 0.857. The van der Waals surface area contributed by atoms with Gasteiger partial charge in [0, 0.05) is 24.9 Å². The molecule has 2 aromatic carbocycles. The molecular weight excluding hydrogens is 332 g/mol. The molecule has 2 aliphatic rings. The number of hydrogen-bond acceptors (Lipinski definition) is 5. The molecule has 1 heterocycles. The van der Waals surface area contributed by atoms with Gasteiger partial charge in [-0.25, -0.2) is 4.79 Å². The molecule has 4 rings (SSSR count). The number of fused-ring (bicyclic) bond motifs is 1. The molecule has 0 aromatic heterocycles. The summed E-state index contributed by atoms with van der Waals surface area (Å²) in [5, 5.41) is 9.66. The van der Waals surface area contributed by atoms with Crippen molar-refractivity contribution >= 4 is 11.9 Å². The van der Waals surface area contributed by atoms with Crippen molar-refractivity contribution in [2.45, 2.75) is 25.0 Å². The minimum Gasteiger partial charge on any atom is -0.462 e. The van der Waals surface area contributed by atoms with Crippen LogP contribution in [0.3, 0.4) is 0 Å². The van der Waals surface area contributed by atoms with Gasteiger partial charge in [0.1, 0.15) is 12.2 Å². The van der Waals surface area contributed by atoms with E-state index in [1.807, 2.05) is 42.5 Å². The predicted octanol–water partition coefficient (Wildman–Crippen LogP) is 2.82. The molecule has 1 aliphatic carbocycles. The van der Waals surface area contributed by atoms with Gasteiger partial charge in [0.25, 0.3) is 0 Å². The van der Waals surface area contributed by atoms with Crippen LogP contribution in [0.4, 0.5) is 0 Å². The van der Waals surface area contributed by atoms with E-state index in [1.54, 1.807) is 12.1 Å². The highest BCUT2D eigenvalue weighted by Crippen LogP contribution is 2.42. The third-order valence-electron chi connectivity index (χ3n) is 5.35. The normalized spacial score (nSPS) is 27.0. The fourth-order valence-corrected chi connectivity index (χ4v) is 3.98. The van der Waals surface area contributed by atoms with E-state index in [4.69, 9.17) is 9.47 Å². The lowest BCUT2D eigenvalue weighted by Crippen LogP contribution is -2.28. The summed E-state index contributed by atoms with van der Waals surface area (Å²) in [7, 11) is 0. The highest BCUT2D eigenvalue weighted by Gasteiger charge is 2.51. The zero-order valence-electron chi connectivity index (χ0n) is 14.2. The van der Waals surface area contributed by atoms with Crippen molar-refractivity contribution in [1.29, 1.82) is 0 Å². The number of carbonyl (C=O) groups is 2. The van der Waals surface area contributed by atoms with E-state index in [0.717, 1.165) is 11.1 Å². The average molecular weight is 352 g/mol. The summed E-state index contributed by atoms with van der Waals surface area (Å²) in [5.41, 5.74) is 2.58. The molecule has 2 aromatic rings. The Bertz CT molecular complexity index is 799. The number of ether oxygens (including phenoxy) is 2. The summed E-state index contributed by atoms with van der Waals surface area (Å²) in [4.78, 5) is 23.9. The van der Waals surface area contributed by atoms with Crippen LogP contribution in [0.15, 0.2) is 54.6 Å². The number of aliphatic hydroxyl groups excluding tert-OH is 1. The van der Waals surface area contributed by atoms with Gasteiger partial charge in [-0.2, -0.15) is 0 Å². The second kappa shape index (κ2) is 6.92. The smallest absolute Gasteiger partial charge is 0.338 e. The van der Waals surface area contributed by atoms with Gasteiger partial charge in [0.15, 0.2) is 0 Å². The Morgan fingerprint density at radius 2 is 1.77 bits per heavy atom. The van der Waals surface area contributed by atoms with Crippen molar-refractivity contribution < 1.29 is 24.2 Å². The Kier molecular flexibility index (Phi) is 4.47. The zero-order chi connectivity index (χ0) is 18.1. The van der Waals surface area contributed by atoms with E-state index in [2.05, 4.69) is 0 Å². The van der Waals surface area contributed by atoms with Crippen LogP contribution >= 0.6 is 0 Å². The van der Waals surface area contributed by atoms with Crippen molar-refractivity contribution in [3.8, 4) is 11.1 Å². The van der Waals surface area contributed by atoms with Crippen LogP contribution in [0.25, 0.3) is 11.1 Å². The first kappa shape index (κ1) is 16.8. The first-order valence-corrected chi connectivity index (χ1v) is 8.82. The minimum atomic E-state index is -0.426. The highest BCUT2D eigenvalue weighted by molar-refractivity contribution is 5.90. The fraction of sp³-hybridized carbons (Fsp3) is 0.333. The van der Waals surface area contributed by atoms with Crippen molar-refractivity contribution in [2.24, 2.45) is 11.8 Å². The molecular formula is C21H20O5. The number of esters is 2. The van der Waals surface area contributed by atoms with Crippen LogP contribution in [0.5, 0.6) is 0 Å². The second-order valence-corrected chi connectivity index (χ2v) is 6.87. The summed E-state index contributed by atoms with van der Waals surface area (Å²) in [5.74, 6) is -0.969. The number of carbonyl (C=O) groups excluding carboxylic acids is 2. The third kappa shape index (κ3) is 3.10. The topological polar surface area (TPSA) is 72.8 Å². The lowest BCUT2D eigenvalue weighted by Gasteiger charge is -2.20. The van der Waals surface area contributed by atoms with Gasteiger partial charge >= 0.3 is 11.9 Å². The molecule has 1 N–H and O–H groups in total. The SMILES string of the molecule is O=C1C[C@@H]2[C@H](CO)[C@H](OC(=O)c3ccc(-c4ccccc4)cc3)C[C@H]2O1. The van der Waals surface area contributed by atoms with Gasteiger partial charge in [-0.1, -0.05) is 42.5 Å². The molecule has 1 saturated heterocycles. The van der Waals surface area contributed by atoms with Gasteiger partial charge < -0.3 is 14.6 Å². The molecule has 0 radical (unpaired) electrons. The summed E-state index contributed by atoms with van der Waals surface area (Å²) in [6.45, 7) is -0.122. The number of benzene rings is 2. The monoisotopic (exact) mass is 352 g/mol. The molecule has 1 aliphatic heterocycles. The Morgan fingerprint density at radius 3 is 2.46 bits per heavy atom. The molecule has 1 saturated carbocycles. The average Bonchev–Trinajstić information content (AvgIpc) is 3.17. The molecule has 26 heavy (non-hydrogen) atoms. The van der Waals surface area contributed by atoms with Crippen molar-refractivity contribution in [3.63, 3.8) is 0 Å². The Labute approximate surface area is 151 Å². The molecule has 5 heteroatoms. The maximum atomic E-state index is 12.5. The van der Waals surface area contributed by atoms with E-state index in [0.29, 0.717) is 12.0 Å². The van der Waals surface area contributed by atoms with Crippen molar-refractivity contribution in [2.75, 3.05) is 6.61 Å². The summed E-state index contributed by atoms with van der Waals surface area (Å²) in [6.07, 6.45) is 0.0628. The molecule has 0 bridgehead atoms. The predicted molar refractivity (Wildman–Crippen MR) is 94.3 cm³/mol. The maximum Gasteiger partial charge on any atom is 0.338 e. The van der Waals surface area contributed by atoms with Crippen LogP contribution in [0, 0.1) is 11.8 Å². The molecule has 5 nitrogen and oxygen atoms in total. The van der Waals surface area contributed by atoms with Crippen LogP contribution in [-0.2, 0) is 14.3 Å². The number of rotatable bonds is 4. The molecule has 2 fully saturated rings. The summed E-state index contributed by atoms with van der Waals surface area (Å²) < 4.78 is 10.9. The Balaban J connectivity index is 1.44. The third-order valence-corrected chi connectivity index (χ3v) is 5.35. The fourth-order valence-electron chi connectivity index (χ4n) is 3.98. The lowest BCUT2D eigenvalue weighted by atomic mass is 9.93. The van der Waals surface area contributed by atoms with Crippen LogP contribution in [0.2, 0.25) is 0 Å². The van der Waals surface area contributed by atoms with Gasteiger partial charge in [-0.3, -0.25) is 4.79 Å². The molecule has 0 amide bonds. The molecule has 4 atom stereocenters. The largest absolute Gasteiger partial charge is 0.462 e. The second-order valence-electron chi connectivity index (χ2n) is 6.87. The lowest BCUT2D eigenvalue weighted by molar-refractivity contribution is -0.141. The van der Waals surface area contributed by atoms with E-state index >= 15 is 0 Å². The minimum absolute atomic E-state index is 0.0641. The van der Waals surface area contributed by atoms with Gasteiger partial charge in [0.05, 0.1) is 12.0 Å². The summed E-state index contributed by atoms with van der Waals surface area (Å²) >= 11 is 0. The molecule has 0 spiro atoms. The van der Waals surface area contributed by atoms with Crippen LogP contribution in [0.1, 0.15) is 23.2 Å². The molecule has 134 valence electrons. The summed E-state index contributed by atoms with van der Waals surface area (Å²) in [6, 6.07) is 17.2. The van der Waals surface area contributed by atoms with Gasteiger partial charge in [-0.15, -0.1) is 0 Å². The van der Waals surface area contributed by atoms with Crippen molar-refractivity contribution in [1.82, 2.24) is 0 Å². The van der Waals surface area contributed by atoms with Crippen LogP contribution in [-0.4, -0.2) is 35.9 Å². The highest BCUT2D eigenvalue weighted by atomic mass is 16.6. The van der Waals surface area contributed by atoms with E-state index in [1.165, 1.54) is 0 Å². The number of hydrogen-bond donors (Lipinski definition) is 1. The Hall–Kier alpha value is -2.66. The standard InChI is InChI=1S/C21H20O5/c22-12-17-16-10-20(23)25-18(16)11-19(17)26-21(24)15-8-6-14(7-9-15)13-4-2-1-3-5-13/h1-9,16-19,22H,10-12H2/t16-,17+,18-,19-/m1/s1. The van der Waals surface area contributed by atoms with E-state index in [-0.39, 0.29) is 36.9 Å². The number of aliphatic hydroxyl groups is 1. The van der Waals surface area contributed by atoms with Crippen LogP contribution < -0.4 is 0 Å². The Morgan fingerprint density at radius 1 is 1.08 bits per heavy atom. The first-order chi connectivity index (χ1) is 12.7. The first-order valence-electron chi connectivity index (χ1n) is 8.82. The van der Waals surface area contributed by atoms with E-state index in [9.17, 15) is 14.7 Å². The van der Waals surface area contributed by atoms with Crippen molar-refractivity contribution in [3.05, 3.63) is 60.2 Å². The van der Waals surface area contributed by atoms with Gasteiger partial charge in [0.2, 0.25) is 0 Å². The zero-order valence-corrected chi connectivity index (χ0v) is 14.2. The van der Waals surface area contributed by atoms with E-state index < -0.39 is 12.1 Å².